The number of aryl methyl sites for hydroxylation is 2. The van der Waals surface area contributed by atoms with Crippen LogP contribution in [-0.2, 0) is 11.4 Å². The molecule has 20 heavy (non-hydrogen) atoms. The van der Waals surface area contributed by atoms with Crippen molar-refractivity contribution in [3.63, 3.8) is 0 Å². The van der Waals surface area contributed by atoms with Crippen LogP contribution in [0.25, 0.3) is 0 Å². The van der Waals surface area contributed by atoms with E-state index in [0.717, 1.165) is 35.3 Å². The SMILES string of the molecule is CCCCNC(=O)C(C)Oc1c(C)cc(CO)cc1C. The van der Waals surface area contributed by atoms with Crippen LogP contribution in [0, 0.1) is 13.8 Å². The van der Waals surface area contributed by atoms with Gasteiger partial charge >= 0.3 is 0 Å². The number of hydrogen-bond donors (Lipinski definition) is 2. The molecule has 0 aromatic heterocycles. The van der Waals surface area contributed by atoms with Gasteiger partial charge in [0.25, 0.3) is 5.91 Å². The fourth-order valence-electron chi connectivity index (χ4n) is 2.08. The predicted molar refractivity (Wildman–Crippen MR) is 79.8 cm³/mol. The Kier molecular flexibility index (Phi) is 6.52. The molecule has 0 heterocycles. The summed E-state index contributed by atoms with van der Waals surface area (Å²) in [5.41, 5.74) is 2.72. The number of nitrogens with one attached hydrogen (secondary N) is 1. The van der Waals surface area contributed by atoms with E-state index in [1.54, 1.807) is 6.92 Å². The number of rotatable bonds is 7. The van der Waals surface area contributed by atoms with E-state index in [4.69, 9.17) is 9.84 Å². The molecule has 2 N–H and O–H groups in total. The molecule has 0 bridgehead atoms. The summed E-state index contributed by atoms with van der Waals surface area (Å²) >= 11 is 0. The molecule has 0 saturated heterocycles. The largest absolute Gasteiger partial charge is 0.480 e. The van der Waals surface area contributed by atoms with Crippen LogP contribution in [0.15, 0.2) is 12.1 Å². The number of carbonyl (C=O) groups excluding carboxylic acids is 1. The van der Waals surface area contributed by atoms with Crippen LogP contribution in [0.5, 0.6) is 5.75 Å². The third-order valence-corrected chi connectivity index (χ3v) is 3.20. The maximum absolute atomic E-state index is 11.9. The van der Waals surface area contributed by atoms with Crippen molar-refractivity contribution in [2.75, 3.05) is 6.54 Å². The summed E-state index contributed by atoms with van der Waals surface area (Å²) in [5.74, 6) is 0.629. The molecular formula is C16H25NO3. The van der Waals surface area contributed by atoms with Gasteiger partial charge in [0.05, 0.1) is 6.61 Å². The molecule has 0 aliphatic heterocycles. The van der Waals surface area contributed by atoms with Crippen molar-refractivity contribution in [3.05, 3.63) is 28.8 Å². The van der Waals surface area contributed by atoms with Crippen LogP contribution >= 0.6 is 0 Å². The first kappa shape index (κ1) is 16.5. The molecule has 0 aliphatic carbocycles. The van der Waals surface area contributed by atoms with Gasteiger partial charge in [0.2, 0.25) is 0 Å². The monoisotopic (exact) mass is 279 g/mol. The number of benzene rings is 1. The fourth-order valence-corrected chi connectivity index (χ4v) is 2.08. The van der Waals surface area contributed by atoms with Crippen LogP contribution in [0.4, 0.5) is 0 Å². The molecule has 0 radical (unpaired) electrons. The van der Waals surface area contributed by atoms with Gasteiger partial charge in [0.15, 0.2) is 6.10 Å². The van der Waals surface area contributed by atoms with Gasteiger partial charge in [0.1, 0.15) is 5.75 Å². The number of ether oxygens (including phenoxy) is 1. The number of aliphatic hydroxyl groups excluding tert-OH is 1. The minimum absolute atomic E-state index is 0.00895. The van der Waals surface area contributed by atoms with Gasteiger partial charge in [-0.3, -0.25) is 4.79 Å². The Morgan fingerprint density at radius 1 is 1.35 bits per heavy atom. The third kappa shape index (κ3) is 4.53. The lowest BCUT2D eigenvalue weighted by Crippen LogP contribution is -2.37. The molecular weight excluding hydrogens is 254 g/mol. The Bertz CT molecular complexity index is 434. The van der Waals surface area contributed by atoms with Crippen molar-refractivity contribution in [1.29, 1.82) is 0 Å². The second-order valence-electron chi connectivity index (χ2n) is 5.12. The van der Waals surface area contributed by atoms with Gasteiger partial charge in [-0.25, -0.2) is 0 Å². The molecule has 4 nitrogen and oxygen atoms in total. The van der Waals surface area contributed by atoms with Crippen LogP contribution in [-0.4, -0.2) is 23.7 Å². The average Bonchev–Trinajstić information content (AvgIpc) is 2.42. The van der Waals surface area contributed by atoms with Crippen molar-refractivity contribution >= 4 is 5.91 Å². The van der Waals surface area contributed by atoms with Crippen molar-refractivity contribution in [2.24, 2.45) is 0 Å². The normalized spacial score (nSPS) is 12.1. The highest BCUT2D eigenvalue weighted by atomic mass is 16.5. The van der Waals surface area contributed by atoms with Crippen LogP contribution in [0.1, 0.15) is 43.4 Å². The predicted octanol–water partition coefficient (Wildman–Crippen LogP) is 2.48. The summed E-state index contributed by atoms with van der Waals surface area (Å²) in [4.78, 5) is 11.9. The van der Waals surface area contributed by atoms with Gasteiger partial charge < -0.3 is 15.2 Å². The van der Waals surface area contributed by atoms with Gasteiger partial charge in [-0.2, -0.15) is 0 Å². The van der Waals surface area contributed by atoms with Crippen molar-refractivity contribution in [1.82, 2.24) is 5.32 Å². The first-order valence-electron chi connectivity index (χ1n) is 7.15. The standard InChI is InChI=1S/C16H25NO3/c1-5-6-7-17-16(19)13(4)20-15-11(2)8-14(10-18)9-12(15)3/h8-9,13,18H,5-7,10H2,1-4H3,(H,17,19). The number of hydrogen-bond acceptors (Lipinski definition) is 3. The maximum atomic E-state index is 11.9. The van der Waals surface area contributed by atoms with E-state index in [0.29, 0.717) is 6.54 Å². The summed E-state index contributed by atoms with van der Waals surface area (Å²) < 4.78 is 5.77. The zero-order chi connectivity index (χ0) is 15.1. The summed E-state index contributed by atoms with van der Waals surface area (Å²) in [5, 5.41) is 12.0. The van der Waals surface area contributed by atoms with E-state index in [1.165, 1.54) is 0 Å². The molecule has 0 fully saturated rings. The molecule has 1 rings (SSSR count). The van der Waals surface area contributed by atoms with Crippen molar-refractivity contribution in [3.8, 4) is 5.75 Å². The smallest absolute Gasteiger partial charge is 0.260 e. The summed E-state index contributed by atoms with van der Waals surface area (Å²) in [6, 6.07) is 3.76. The molecule has 112 valence electrons. The van der Waals surface area contributed by atoms with E-state index in [9.17, 15) is 4.79 Å². The van der Waals surface area contributed by atoms with Gasteiger partial charge in [-0.1, -0.05) is 25.5 Å². The molecule has 1 aromatic carbocycles. The number of unbranched alkanes of at least 4 members (excludes halogenated alkanes) is 1. The molecule has 1 atom stereocenters. The fraction of sp³-hybridized carbons (Fsp3) is 0.562. The van der Waals surface area contributed by atoms with Crippen molar-refractivity contribution in [2.45, 2.75) is 53.2 Å². The molecule has 1 aromatic rings. The van der Waals surface area contributed by atoms with E-state index in [-0.39, 0.29) is 12.5 Å². The first-order valence-corrected chi connectivity index (χ1v) is 7.15. The highest BCUT2D eigenvalue weighted by Gasteiger charge is 2.16. The Balaban J connectivity index is 2.70. The van der Waals surface area contributed by atoms with Crippen LogP contribution in [0.2, 0.25) is 0 Å². The lowest BCUT2D eigenvalue weighted by molar-refractivity contribution is -0.127. The summed E-state index contributed by atoms with van der Waals surface area (Å²) in [7, 11) is 0. The molecule has 1 unspecified atom stereocenters. The summed E-state index contributed by atoms with van der Waals surface area (Å²) in [6.07, 6.45) is 1.50. The molecule has 0 saturated carbocycles. The lowest BCUT2D eigenvalue weighted by atomic mass is 10.1. The highest BCUT2D eigenvalue weighted by Crippen LogP contribution is 2.26. The molecule has 4 heteroatoms. The van der Waals surface area contributed by atoms with Crippen molar-refractivity contribution < 1.29 is 14.6 Å². The van der Waals surface area contributed by atoms with Crippen LogP contribution < -0.4 is 10.1 Å². The molecule has 0 aliphatic rings. The first-order chi connectivity index (χ1) is 9.49. The lowest BCUT2D eigenvalue weighted by Gasteiger charge is -2.18. The second kappa shape index (κ2) is 7.90. The Morgan fingerprint density at radius 2 is 1.95 bits per heavy atom. The number of carbonyl (C=O) groups is 1. The Morgan fingerprint density at radius 3 is 2.45 bits per heavy atom. The summed E-state index contributed by atoms with van der Waals surface area (Å²) in [6.45, 7) is 8.37. The van der Waals surface area contributed by atoms with Gasteiger partial charge in [0, 0.05) is 6.54 Å². The quantitative estimate of drug-likeness (QED) is 0.754. The highest BCUT2D eigenvalue weighted by molar-refractivity contribution is 5.80. The third-order valence-electron chi connectivity index (χ3n) is 3.20. The zero-order valence-electron chi connectivity index (χ0n) is 12.8. The molecule has 1 amide bonds. The average molecular weight is 279 g/mol. The topological polar surface area (TPSA) is 58.6 Å². The van der Waals surface area contributed by atoms with E-state index in [2.05, 4.69) is 12.2 Å². The van der Waals surface area contributed by atoms with Crippen LogP contribution in [0.3, 0.4) is 0 Å². The number of aliphatic hydroxyl groups is 1. The van der Waals surface area contributed by atoms with E-state index in [1.807, 2.05) is 26.0 Å². The minimum atomic E-state index is -0.524. The number of amides is 1. The van der Waals surface area contributed by atoms with Gasteiger partial charge in [-0.15, -0.1) is 0 Å². The maximum Gasteiger partial charge on any atom is 0.260 e. The second-order valence-corrected chi connectivity index (χ2v) is 5.12. The minimum Gasteiger partial charge on any atom is -0.480 e. The zero-order valence-corrected chi connectivity index (χ0v) is 12.8. The Hall–Kier alpha value is -1.55. The van der Waals surface area contributed by atoms with E-state index < -0.39 is 6.10 Å². The molecule has 0 spiro atoms. The Labute approximate surface area is 121 Å². The van der Waals surface area contributed by atoms with Gasteiger partial charge in [-0.05, 0) is 43.9 Å². The van der Waals surface area contributed by atoms with E-state index >= 15 is 0 Å².